The van der Waals surface area contributed by atoms with E-state index in [1.807, 2.05) is 19.1 Å². The van der Waals surface area contributed by atoms with Crippen molar-refractivity contribution in [3.05, 3.63) is 30.1 Å². The number of carbonyl (C=O) groups is 1. The zero-order chi connectivity index (χ0) is 13.7. The minimum absolute atomic E-state index is 0. The molecule has 0 aromatic carbocycles. The summed E-state index contributed by atoms with van der Waals surface area (Å²) < 4.78 is 5.28. The Hall–Kier alpha value is -0.880. The van der Waals surface area contributed by atoms with Crippen molar-refractivity contribution in [1.82, 2.24) is 10.3 Å². The summed E-state index contributed by atoms with van der Waals surface area (Å²) in [6, 6.07) is 3.27. The minimum atomic E-state index is -0.456. The summed E-state index contributed by atoms with van der Waals surface area (Å²) >= 11 is 0. The van der Waals surface area contributed by atoms with E-state index in [9.17, 15) is 4.79 Å². The summed E-state index contributed by atoms with van der Waals surface area (Å²) in [5.74, 6) is 0.123. The second kappa shape index (κ2) is 9.95. The quantitative estimate of drug-likeness (QED) is 0.880. The molecule has 5 nitrogen and oxygen atoms in total. The Bertz CT molecular complexity index is 414. The molecule has 0 spiro atoms. The van der Waals surface area contributed by atoms with E-state index in [1.165, 1.54) is 0 Å². The van der Waals surface area contributed by atoms with Gasteiger partial charge in [0.1, 0.15) is 0 Å². The number of nitrogens with zero attached hydrogens (tertiary/aromatic N) is 1. The lowest BCUT2D eigenvalue weighted by Gasteiger charge is -2.27. The first-order chi connectivity index (χ1) is 9.18. The van der Waals surface area contributed by atoms with Gasteiger partial charge in [-0.25, -0.2) is 0 Å². The molecule has 0 bridgehead atoms. The molecule has 7 heteroatoms. The number of carbonyl (C=O) groups excluding carboxylic acids is 1. The average Bonchev–Trinajstić information content (AvgIpc) is 2.48. The van der Waals surface area contributed by atoms with Crippen LogP contribution in [0.4, 0.5) is 0 Å². The van der Waals surface area contributed by atoms with Gasteiger partial charge in [-0.3, -0.25) is 9.78 Å². The highest BCUT2D eigenvalue weighted by Crippen LogP contribution is 2.18. The summed E-state index contributed by atoms with van der Waals surface area (Å²) in [5, 5.41) is 2.95. The van der Waals surface area contributed by atoms with Crippen LogP contribution in [0.3, 0.4) is 0 Å². The van der Waals surface area contributed by atoms with Crippen molar-refractivity contribution in [3.63, 3.8) is 0 Å². The van der Waals surface area contributed by atoms with Crippen molar-refractivity contribution >= 4 is 30.7 Å². The fourth-order valence-corrected chi connectivity index (χ4v) is 2.31. The number of ether oxygens (including phenoxy) is 1. The van der Waals surface area contributed by atoms with Crippen LogP contribution in [0.25, 0.3) is 0 Å². The molecule has 1 saturated heterocycles. The number of amides is 1. The van der Waals surface area contributed by atoms with Crippen LogP contribution in [0.1, 0.15) is 31.4 Å². The first kappa shape index (κ1) is 20.1. The number of halogens is 2. The molecule has 1 aromatic rings. The molecule has 0 aliphatic carbocycles. The molecule has 21 heavy (non-hydrogen) atoms. The third-order valence-electron chi connectivity index (χ3n) is 3.62. The maximum absolute atomic E-state index is 12.1. The largest absolute Gasteiger partial charge is 0.381 e. The summed E-state index contributed by atoms with van der Waals surface area (Å²) in [7, 11) is 0. The molecule has 120 valence electrons. The third-order valence-corrected chi connectivity index (χ3v) is 3.62. The standard InChI is InChI=1S/C14H21N3O2.2ClH/c1-10(12-3-2-6-16-9-12)17-14(18)13(15)11-4-7-19-8-5-11;;/h2-3,6,9-11,13H,4-5,7-8,15H2,1H3,(H,17,18);2*1H/t10-,13?;;/m0../s1. The number of nitrogens with one attached hydrogen (secondary N) is 1. The van der Waals surface area contributed by atoms with Crippen molar-refractivity contribution < 1.29 is 9.53 Å². The zero-order valence-corrected chi connectivity index (χ0v) is 13.7. The normalized spacial score (nSPS) is 17.8. The van der Waals surface area contributed by atoms with Crippen LogP contribution in [0.5, 0.6) is 0 Å². The first-order valence-electron chi connectivity index (χ1n) is 6.72. The van der Waals surface area contributed by atoms with Crippen LogP contribution in [-0.4, -0.2) is 30.1 Å². The van der Waals surface area contributed by atoms with Crippen molar-refractivity contribution in [2.24, 2.45) is 11.7 Å². The molecule has 1 aliphatic heterocycles. The monoisotopic (exact) mass is 335 g/mol. The van der Waals surface area contributed by atoms with Gasteiger partial charge in [0.25, 0.3) is 0 Å². The molecule has 3 N–H and O–H groups in total. The lowest BCUT2D eigenvalue weighted by Crippen LogP contribution is -2.47. The molecule has 1 fully saturated rings. The highest BCUT2D eigenvalue weighted by molar-refractivity contribution is 5.85. The topological polar surface area (TPSA) is 77.2 Å². The number of rotatable bonds is 4. The van der Waals surface area contributed by atoms with E-state index in [1.54, 1.807) is 12.4 Å². The molecule has 1 unspecified atom stereocenters. The van der Waals surface area contributed by atoms with Crippen molar-refractivity contribution in [2.75, 3.05) is 13.2 Å². The van der Waals surface area contributed by atoms with E-state index >= 15 is 0 Å². The number of aromatic nitrogens is 1. The summed E-state index contributed by atoms with van der Waals surface area (Å²) in [4.78, 5) is 16.2. The molecular formula is C14H23Cl2N3O2. The van der Waals surface area contributed by atoms with Crippen molar-refractivity contribution in [3.8, 4) is 0 Å². The van der Waals surface area contributed by atoms with Crippen LogP contribution in [-0.2, 0) is 9.53 Å². The highest BCUT2D eigenvalue weighted by atomic mass is 35.5. The van der Waals surface area contributed by atoms with Gasteiger partial charge in [0.05, 0.1) is 12.1 Å². The SMILES string of the molecule is C[C@H](NC(=O)C(N)C1CCOCC1)c1cccnc1.Cl.Cl. The number of nitrogens with two attached hydrogens (primary N) is 1. The van der Waals surface area contributed by atoms with Crippen LogP contribution in [0.2, 0.25) is 0 Å². The second-order valence-electron chi connectivity index (χ2n) is 4.99. The predicted molar refractivity (Wildman–Crippen MR) is 86.8 cm³/mol. The van der Waals surface area contributed by atoms with Gasteiger partial charge in [0, 0.05) is 25.6 Å². The van der Waals surface area contributed by atoms with E-state index < -0.39 is 6.04 Å². The molecule has 1 aliphatic rings. The van der Waals surface area contributed by atoms with Gasteiger partial charge in [-0.2, -0.15) is 0 Å². The maximum atomic E-state index is 12.1. The molecule has 2 atom stereocenters. The molecule has 0 radical (unpaired) electrons. The van der Waals surface area contributed by atoms with Gasteiger partial charge in [-0.05, 0) is 37.3 Å². The Kier molecular flexibility index (Phi) is 9.53. The van der Waals surface area contributed by atoms with E-state index in [0.29, 0.717) is 13.2 Å². The third kappa shape index (κ3) is 5.79. The van der Waals surface area contributed by atoms with Gasteiger partial charge in [-0.15, -0.1) is 24.8 Å². The van der Waals surface area contributed by atoms with Crippen LogP contribution < -0.4 is 11.1 Å². The maximum Gasteiger partial charge on any atom is 0.237 e. The molecule has 1 amide bonds. The lowest BCUT2D eigenvalue weighted by atomic mass is 9.91. The molecule has 0 saturated carbocycles. The van der Waals surface area contributed by atoms with Gasteiger partial charge in [-0.1, -0.05) is 6.07 Å². The Labute approximate surface area is 137 Å². The number of hydrogen-bond donors (Lipinski definition) is 2. The Balaban J connectivity index is 0.00000200. The van der Waals surface area contributed by atoms with Gasteiger partial charge >= 0.3 is 0 Å². The van der Waals surface area contributed by atoms with Gasteiger partial charge in [0.2, 0.25) is 5.91 Å². The lowest BCUT2D eigenvalue weighted by molar-refractivity contribution is -0.125. The van der Waals surface area contributed by atoms with Crippen molar-refractivity contribution in [1.29, 1.82) is 0 Å². The summed E-state index contributed by atoms with van der Waals surface area (Å²) in [6.07, 6.45) is 5.18. The van der Waals surface area contributed by atoms with Crippen molar-refractivity contribution in [2.45, 2.75) is 31.8 Å². The van der Waals surface area contributed by atoms with Crippen LogP contribution >= 0.6 is 24.8 Å². The second-order valence-corrected chi connectivity index (χ2v) is 4.99. The van der Waals surface area contributed by atoms with Crippen LogP contribution in [0.15, 0.2) is 24.5 Å². The highest BCUT2D eigenvalue weighted by Gasteiger charge is 2.27. The van der Waals surface area contributed by atoms with Gasteiger partial charge in [0.15, 0.2) is 0 Å². The summed E-state index contributed by atoms with van der Waals surface area (Å²) in [6.45, 7) is 3.33. The van der Waals surface area contributed by atoms with E-state index in [0.717, 1.165) is 18.4 Å². The Morgan fingerprint density at radius 1 is 1.43 bits per heavy atom. The Morgan fingerprint density at radius 3 is 2.67 bits per heavy atom. The fraction of sp³-hybridized carbons (Fsp3) is 0.571. The number of hydrogen-bond acceptors (Lipinski definition) is 4. The molecular weight excluding hydrogens is 313 g/mol. The first-order valence-corrected chi connectivity index (χ1v) is 6.72. The van der Waals surface area contributed by atoms with E-state index in [2.05, 4.69) is 10.3 Å². The van der Waals surface area contributed by atoms with Crippen LogP contribution in [0, 0.1) is 5.92 Å². The minimum Gasteiger partial charge on any atom is -0.381 e. The average molecular weight is 336 g/mol. The number of pyridine rings is 1. The predicted octanol–water partition coefficient (Wildman–Crippen LogP) is 1.86. The fourth-order valence-electron chi connectivity index (χ4n) is 2.31. The van der Waals surface area contributed by atoms with E-state index in [-0.39, 0.29) is 42.7 Å². The Morgan fingerprint density at radius 2 is 2.10 bits per heavy atom. The molecule has 1 aromatic heterocycles. The smallest absolute Gasteiger partial charge is 0.237 e. The van der Waals surface area contributed by atoms with E-state index in [4.69, 9.17) is 10.5 Å². The zero-order valence-electron chi connectivity index (χ0n) is 12.0. The van der Waals surface area contributed by atoms with Gasteiger partial charge < -0.3 is 15.8 Å². The molecule has 2 rings (SSSR count). The summed E-state index contributed by atoms with van der Waals surface area (Å²) in [5.41, 5.74) is 7.02. The molecule has 2 heterocycles.